The molecule has 1 aliphatic carbocycles. The molecule has 0 amide bonds. The van der Waals surface area contributed by atoms with Crippen LogP contribution in [0.3, 0.4) is 0 Å². The van der Waals surface area contributed by atoms with Gasteiger partial charge in [-0.05, 0) is 43.7 Å². The lowest BCUT2D eigenvalue weighted by Gasteiger charge is -2.39. The van der Waals surface area contributed by atoms with Crippen LogP contribution in [0.5, 0.6) is 11.5 Å². The van der Waals surface area contributed by atoms with Crippen LogP contribution in [0, 0.1) is 5.92 Å². The lowest BCUT2D eigenvalue weighted by molar-refractivity contribution is 0.0413. The molecular formula is C17H25NO2. The van der Waals surface area contributed by atoms with Gasteiger partial charge in [-0.2, -0.15) is 0 Å². The molecule has 1 fully saturated rings. The summed E-state index contributed by atoms with van der Waals surface area (Å²) in [4.78, 5) is 0. The van der Waals surface area contributed by atoms with Gasteiger partial charge < -0.3 is 15.2 Å². The quantitative estimate of drug-likeness (QED) is 0.912. The highest BCUT2D eigenvalue weighted by atomic mass is 16.5. The van der Waals surface area contributed by atoms with Crippen LogP contribution in [0.15, 0.2) is 18.2 Å². The molecule has 2 N–H and O–H groups in total. The first-order chi connectivity index (χ1) is 9.60. The van der Waals surface area contributed by atoms with E-state index < -0.39 is 0 Å². The zero-order chi connectivity index (χ0) is 14.2. The topological polar surface area (TPSA) is 44.5 Å². The number of fused-ring (bicyclic) bond motifs is 1. The normalized spacial score (nSPS) is 23.7. The van der Waals surface area contributed by atoms with E-state index in [0.29, 0.717) is 12.5 Å². The Labute approximate surface area is 121 Å². The summed E-state index contributed by atoms with van der Waals surface area (Å²) in [6.45, 7) is 5.02. The first kappa shape index (κ1) is 13.7. The smallest absolute Gasteiger partial charge is 0.128 e. The molecule has 1 atom stereocenters. The molecule has 1 saturated carbocycles. The summed E-state index contributed by atoms with van der Waals surface area (Å²) in [6.07, 6.45) is 5.70. The molecule has 20 heavy (non-hydrogen) atoms. The molecule has 110 valence electrons. The van der Waals surface area contributed by atoms with E-state index in [2.05, 4.69) is 13.8 Å². The summed E-state index contributed by atoms with van der Waals surface area (Å²) in [5, 5.41) is 0. The predicted octanol–water partition coefficient (Wildman–Crippen LogP) is 3.82. The fourth-order valence-electron chi connectivity index (χ4n) is 3.46. The van der Waals surface area contributed by atoms with Crippen LogP contribution in [0.2, 0.25) is 0 Å². The minimum Gasteiger partial charge on any atom is -0.493 e. The number of ether oxygens (including phenoxy) is 2. The van der Waals surface area contributed by atoms with Crippen LogP contribution in [0.25, 0.3) is 0 Å². The molecule has 3 heteroatoms. The van der Waals surface area contributed by atoms with Crippen molar-refractivity contribution in [2.24, 2.45) is 11.7 Å². The van der Waals surface area contributed by atoms with Gasteiger partial charge in [0.15, 0.2) is 0 Å². The van der Waals surface area contributed by atoms with Crippen molar-refractivity contribution in [2.45, 2.75) is 57.6 Å². The minimum absolute atomic E-state index is 0.0108. The van der Waals surface area contributed by atoms with E-state index in [-0.39, 0.29) is 11.6 Å². The van der Waals surface area contributed by atoms with Gasteiger partial charge >= 0.3 is 0 Å². The lowest BCUT2D eigenvalue weighted by atomic mass is 9.86. The molecule has 1 aromatic rings. The van der Waals surface area contributed by atoms with Gasteiger partial charge in [0.2, 0.25) is 0 Å². The van der Waals surface area contributed by atoms with E-state index in [4.69, 9.17) is 15.2 Å². The van der Waals surface area contributed by atoms with Gasteiger partial charge in [0.1, 0.15) is 17.1 Å². The highest BCUT2D eigenvalue weighted by Crippen LogP contribution is 2.48. The van der Waals surface area contributed by atoms with Gasteiger partial charge in [0, 0.05) is 12.5 Å². The van der Waals surface area contributed by atoms with Crippen LogP contribution in [0.1, 0.15) is 57.6 Å². The van der Waals surface area contributed by atoms with Gasteiger partial charge in [-0.25, -0.2) is 0 Å². The Hall–Kier alpha value is -1.22. The molecule has 1 spiro atoms. The van der Waals surface area contributed by atoms with Crippen molar-refractivity contribution in [1.82, 2.24) is 0 Å². The Morgan fingerprint density at radius 2 is 2.10 bits per heavy atom. The van der Waals surface area contributed by atoms with Crippen LogP contribution in [-0.4, -0.2) is 12.2 Å². The van der Waals surface area contributed by atoms with Gasteiger partial charge in [0.05, 0.1) is 12.2 Å². The molecule has 0 saturated heterocycles. The highest BCUT2D eigenvalue weighted by Gasteiger charge is 2.43. The van der Waals surface area contributed by atoms with Gasteiger partial charge in [-0.1, -0.05) is 19.9 Å². The molecule has 1 heterocycles. The zero-order valence-corrected chi connectivity index (χ0v) is 12.5. The summed E-state index contributed by atoms with van der Waals surface area (Å²) >= 11 is 0. The van der Waals surface area contributed by atoms with E-state index in [0.717, 1.165) is 36.3 Å². The largest absolute Gasteiger partial charge is 0.493 e. The third-order valence-corrected chi connectivity index (χ3v) is 4.40. The summed E-state index contributed by atoms with van der Waals surface area (Å²) in [5.41, 5.74) is 7.50. The van der Waals surface area contributed by atoms with Crippen LogP contribution < -0.4 is 15.2 Å². The molecule has 0 radical (unpaired) electrons. The Kier molecular flexibility index (Phi) is 3.63. The van der Waals surface area contributed by atoms with Crippen molar-refractivity contribution in [3.63, 3.8) is 0 Å². The number of hydrogen-bond acceptors (Lipinski definition) is 3. The second-order valence-corrected chi connectivity index (χ2v) is 6.68. The molecule has 3 nitrogen and oxygen atoms in total. The van der Waals surface area contributed by atoms with Crippen molar-refractivity contribution in [2.75, 3.05) is 6.61 Å². The molecule has 1 unspecified atom stereocenters. The maximum atomic E-state index is 6.45. The van der Waals surface area contributed by atoms with Crippen molar-refractivity contribution in [1.29, 1.82) is 0 Å². The molecule has 0 bridgehead atoms. The number of hydrogen-bond donors (Lipinski definition) is 1. The molecule has 2 aliphatic rings. The second kappa shape index (κ2) is 5.28. The second-order valence-electron chi connectivity index (χ2n) is 6.68. The average molecular weight is 275 g/mol. The summed E-state index contributed by atoms with van der Waals surface area (Å²) in [5.74, 6) is 2.34. The van der Waals surface area contributed by atoms with Crippen molar-refractivity contribution < 1.29 is 9.47 Å². The number of nitrogens with two attached hydrogens (primary N) is 1. The molecule has 1 aromatic carbocycles. The predicted molar refractivity (Wildman–Crippen MR) is 80.1 cm³/mol. The van der Waals surface area contributed by atoms with E-state index >= 15 is 0 Å². The zero-order valence-electron chi connectivity index (χ0n) is 12.5. The third kappa shape index (κ3) is 2.51. The molecule has 1 aliphatic heterocycles. The minimum atomic E-state index is -0.0108. The first-order valence-electron chi connectivity index (χ1n) is 7.80. The number of benzene rings is 1. The van der Waals surface area contributed by atoms with Crippen LogP contribution >= 0.6 is 0 Å². The SMILES string of the molecule is CC(C)COc1cccc2c1C(N)CC1(CCCC1)O2. The van der Waals surface area contributed by atoms with Crippen LogP contribution in [-0.2, 0) is 0 Å². The lowest BCUT2D eigenvalue weighted by Crippen LogP contribution is -2.40. The van der Waals surface area contributed by atoms with Gasteiger partial charge in [0.25, 0.3) is 0 Å². The first-order valence-corrected chi connectivity index (χ1v) is 7.80. The van der Waals surface area contributed by atoms with E-state index in [1.54, 1.807) is 0 Å². The fourth-order valence-corrected chi connectivity index (χ4v) is 3.46. The third-order valence-electron chi connectivity index (χ3n) is 4.40. The monoisotopic (exact) mass is 275 g/mol. The highest BCUT2D eigenvalue weighted by molar-refractivity contribution is 5.48. The Balaban J connectivity index is 1.88. The summed E-state index contributed by atoms with van der Waals surface area (Å²) in [7, 11) is 0. The van der Waals surface area contributed by atoms with E-state index in [1.165, 1.54) is 12.8 Å². The van der Waals surface area contributed by atoms with Crippen molar-refractivity contribution >= 4 is 0 Å². The average Bonchev–Trinajstić information content (AvgIpc) is 2.83. The number of rotatable bonds is 3. The Morgan fingerprint density at radius 1 is 1.35 bits per heavy atom. The molecule has 0 aromatic heterocycles. The van der Waals surface area contributed by atoms with Crippen LogP contribution in [0.4, 0.5) is 0 Å². The van der Waals surface area contributed by atoms with E-state index in [1.807, 2.05) is 18.2 Å². The maximum absolute atomic E-state index is 6.45. The molecule has 3 rings (SSSR count). The fraction of sp³-hybridized carbons (Fsp3) is 0.647. The Bertz CT molecular complexity index is 478. The Morgan fingerprint density at radius 3 is 2.80 bits per heavy atom. The standard InChI is InChI=1S/C17H25NO2/c1-12(2)11-19-14-6-5-7-15-16(14)13(18)10-17(20-15)8-3-4-9-17/h5-7,12-13H,3-4,8-11,18H2,1-2H3. The van der Waals surface area contributed by atoms with E-state index in [9.17, 15) is 0 Å². The van der Waals surface area contributed by atoms with Crippen molar-refractivity contribution in [3.05, 3.63) is 23.8 Å². The maximum Gasteiger partial charge on any atom is 0.128 e. The summed E-state index contributed by atoms with van der Waals surface area (Å²) in [6, 6.07) is 6.09. The van der Waals surface area contributed by atoms with Crippen molar-refractivity contribution in [3.8, 4) is 11.5 Å². The molecular weight excluding hydrogens is 250 g/mol. The van der Waals surface area contributed by atoms with Gasteiger partial charge in [-0.3, -0.25) is 0 Å². The van der Waals surface area contributed by atoms with Gasteiger partial charge in [-0.15, -0.1) is 0 Å². The summed E-state index contributed by atoms with van der Waals surface area (Å²) < 4.78 is 12.3.